The van der Waals surface area contributed by atoms with E-state index in [1.54, 1.807) is 48.6 Å². The Labute approximate surface area is 174 Å². The van der Waals surface area contributed by atoms with Gasteiger partial charge in [-0.1, -0.05) is 48.0 Å². The van der Waals surface area contributed by atoms with Gasteiger partial charge in [0.25, 0.3) is 0 Å². The van der Waals surface area contributed by atoms with E-state index >= 15 is 0 Å². The summed E-state index contributed by atoms with van der Waals surface area (Å²) in [6, 6.07) is 15.3. The Balaban J connectivity index is 1.43. The van der Waals surface area contributed by atoms with E-state index in [4.69, 9.17) is 4.74 Å². The van der Waals surface area contributed by atoms with Crippen molar-refractivity contribution < 1.29 is 22.7 Å². The van der Waals surface area contributed by atoms with Crippen LogP contribution in [0.3, 0.4) is 0 Å². The number of hydrogen-bond acceptors (Lipinski definition) is 5. The van der Waals surface area contributed by atoms with Gasteiger partial charge in [0.2, 0.25) is 21.8 Å². The number of hydrogen-bond donors (Lipinski definition) is 1. The molecule has 3 aliphatic rings. The lowest BCUT2D eigenvalue weighted by Gasteiger charge is -2.29. The number of benzene rings is 2. The van der Waals surface area contributed by atoms with Crippen molar-refractivity contribution in [3.63, 3.8) is 0 Å². The summed E-state index contributed by atoms with van der Waals surface area (Å²) < 4.78 is 34.1. The molecule has 154 valence electrons. The largest absolute Gasteiger partial charge is 0.361 e. The summed E-state index contributed by atoms with van der Waals surface area (Å²) in [4.78, 5) is 27.6. The molecule has 2 amide bonds. The number of sulfonamides is 1. The Bertz CT molecular complexity index is 1160. The van der Waals surface area contributed by atoms with E-state index in [0.717, 1.165) is 5.56 Å². The van der Waals surface area contributed by atoms with Gasteiger partial charge in [0.1, 0.15) is 5.60 Å². The molecule has 0 aromatic heterocycles. The molecule has 2 fully saturated rings. The standard InChI is InChI=1S/C22H20N2O5S/c1-14-7-9-16(10-8-14)30(27,28)23-13-22-12-11-17(29-22)18-19(22)21(26)24(20(18)25)15-5-3-2-4-6-15/h2-12,17-19,23H,13H2,1H3/t17-,18-,19-,22-/m1/s1. The predicted octanol–water partition coefficient (Wildman–Crippen LogP) is 1.79. The number of anilines is 1. The van der Waals surface area contributed by atoms with Crippen molar-refractivity contribution in [2.45, 2.75) is 23.5 Å². The number of nitrogens with one attached hydrogen (secondary N) is 1. The lowest BCUT2D eigenvalue weighted by atomic mass is 9.77. The molecule has 2 saturated heterocycles. The average molecular weight is 424 g/mol. The highest BCUT2D eigenvalue weighted by Gasteiger charge is 2.67. The average Bonchev–Trinajstić information content (AvgIpc) is 3.38. The molecule has 5 rings (SSSR count). The maximum Gasteiger partial charge on any atom is 0.241 e. The third-order valence-electron chi connectivity index (χ3n) is 6.04. The molecule has 0 saturated carbocycles. The molecule has 4 atom stereocenters. The summed E-state index contributed by atoms with van der Waals surface area (Å²) in [5.74, 6) is -2.08. The van der Waals surface area contributed by atoms with Gasteiger partial charge in [0.15, 0.2) is 0 Å². The van der Waals surface area contributed by atoms with Crippen LogP contribution in [-0.4, -0.2) is 38.5 Å². The van der Waals surface area contributed by atoms with E-state index in [0.29, 0.717) is 5.69 Å². The minimum absolute atomic E-state index is 0.126. The van der Waals surface area contributed by atoms with Crippen LogP contribution in [0.2, 0.25) is 0 Å². The Hall–Kier alpha value is -2.81. The van der Waals surface area contributed by atoms with E-state index in [-0.39, 0.29) is 23.3 Å². The number of aryl methyl sites for hydroxylation is 1. The first kappa shape index (κ1) is 19.2. The van der Waals surface area contributed by atoms with Crippen molar-refractivity contribution in [1.29, 1.82) is 0 Å². The number of imide groups is 1. The minimum Gasteiger partial charge on any atom is -0.361 e. The van der Waals surface area contributed by atoms with Crippen LogP contribution >= 0.6 is 0 Å². The number of carbonyl (C=O) groups is 2. The van der Waals surface area contributed by atoms with Crippen LogP contribution in [0.5, 0.6) is 0 Å². The van der Waals surface area contributed by atoms with E-state index in [2.05, 4.69) is 4.72 Å². The second-order valence-electron chi connectivity index (χ2n) is 7.89. The first-order valence-corrected chi connectivity index (χ1v) is 11.2. The number of para-hydroxylation sites is 1. The van der Waals surface area contributed by atoms with Crippen LogP contribution in [0, 0.1) is 18.8 Å². The molecular formula is C22H20N2O5S. The van der Waals surface area contributed by atoms with E-state index in [1.807, 2.05) is 13.0 Å². The van der Waals surface area contributed by atoms with Gasteiger partial charge in [0, 0.05) is 6.54 Å². The van der Waals surface area contributed by atoms with E-state index in [9.17, 15) is 18.0 Å². The van der Waals surface area contributed by atoms with Crippen molar-refractivity contribution >= 4 is 27.5 Å². The quantitative estimate of drug-likeness (QED) is 0.584. The Morgan fingerprint density at radius 1 is 1.03 bits per heavy atom. The molecule has 7 nitrogen and oxygen atoms in total. The van der Waals surface area contributed by atoms with Gasteiger partial charge in [-0.3, -0.25) is 9.59 Å². The molecule has 8 heteroatoms. The fraction of sp³-hybridized carbons (Fsp3) is 0.273. The van der Waals surface area contributed by atoms with Gasteiger partial charge in [-0.25, -0.2) is 18.0 Å². The molecule has 2 aromatic rings. The van der Waals surface area contributed by atoms with Crippen molar-refractivity contribution in [1.82, 2.24) is 4.72 Å². The minimum atomic E-state index is -3.79. The number of nitrogens with zero attached hydrogens (tertiary/aromatic N) is 1. The first-order valence-electron chi connectivity index (χ1n) is 9.69. The van der Waals surface area contributed by atoms with Crippen LogP contribution in [0.4, 0.5) is 5.69 Å². The Morgan fingerprint density at radius 3 is 2.43 bits per heavy atom. The molecule has 30 heavy (non-hydrogen) atoms. The SMILES string of the molecule is Cc1ccc(S(=O)(=O)NC[C@@]23C=C[C@@H](O2)[C@H]2C(=O)N(c4ccccc4)C(=O)[C@@H]23)cc1. The first-order chi connectivity index (χ1) is 14.3. The van der Waals surface area contributed by atoms with Crippen LogP contribution < -0.4 is 9.62 Å². The van der Waals surface area contributed by atoms with Gasteiger partial charge in [-0.05, 0) is 31.2 Å². The fourth-order valence-electron chi connectivity index (χ4n) is 4.55. The number of rotatable bonds is 5. The molecular weight excluding hydrogens is 404 g/mol. The highest BCUT2D eigenvalue weighted by molar-refractivity contribution is 7.89. The topological polar surface area (TPSA) is 92.8 Å². The zero-order valence-corrected chi connectivity index (χ0v) is 17.0. The molecule has 0 aliphatic carbocycles. The van der Waals surface area contributed by atoms with Crippen molar-refractivity contribution in [3.8, 4) is 0 Å². The summed E-state index contributed by atoms with van der Waals surface area (Å²) in [5.41, 5.74) is 0.285. The second kappa shape index (κ2) is 6.60. The lowest BCUT2D eigenvalue weighted by Crippen LogP contribution is -2.48. The summed E-state index contributed by atoms with van der Waals surface area (Å²) in [5, 5.41) is 0. The normalized spacial score (nSPS) is 29.6. The van der Waals surface area contributed by atoms with Gasteiger partial charge in [-0.15, -0.1) is 0 Å². The van der Waals surface area contributed by atoms with Crippen LogP contribution in [0.1, 0.15) is 5.56 Å². The van der Waals surface area contributed by atoms with E-state index in [1.165, 1.54) is 17.0 Å². The highest BCUT2D eigenvalue weighted by atomic mass is 32.2. The van der Waals surface area contributed by atoms with Crippen LogP contribution in [0.25, 0.3) is 0 Å². The third kappa shape index (κ3) is 2.75. The molecule has 0 radical (unpaired) electrons. The molecule has 1 N–H and O–H groups in total. The molecule has 3 heterocycles. The Kier molecular flexibility index (Phi) is 4.22. The van der Waals surface area contributed by atoms with Gasteiger partial charge in [0.05, 0.1) is 28.5 Å². The van der Waals surface area contributed by atoms with Crippen molar-refractivity contribution in [2.75, 3.05) is 11.4 Å². The molecule has 2 aromatic carbocycles. The summed E-state index contributed by atoms with van der Waals surface area (Å²) in [6.45, 7) is 1.75. The molecule has 0 spiro atoms. The number of carbonyl (C=O) groups excluding carboxylic acids is 2. The summed E-state index contributed by atoms with van der Waals surface area (Å²) >= 11 is 0. The lowest BCUT2D eigenvalue weighted by molar-refractivity contribution is -0.126. The third-order valence-corrected chi connectivity index (χ3v) is 7.46. The zero-order valence-electron chi connectivity index (χ0n) is 16.2. The monoisotopic (exact) mass is 424 g/mol. The zero-order chi connectivity index (χ0) is 21.1. The van der Waals surface area contributed by atoms with Gasteiger partial charge in [-0.2, -0.15) is 0 Å². The van der Waals surface area contributed by atoms with Crippen LogP contribution in [0.15, 0.2) is 71.6 Å². The van der Waals surface area contributed by atoms with Crippen molar-refractivity contribution in [2.24, 2.45) is 11.8 Å². The van der Waals surface area contributed by atoms with Gasteiger partial charge >= 0.3 is 0 Å². The second-order valence-corrected chi connectivity index (χ2v) is 9.65. The fourth-order valence-corrected chi connectivity index (χ4v) is 5.62. The molecule has 0 unspecified atom stereocenters. The highest BCUT2D eigenvalue weighted by Crippen LogP contribution is 2.52. The predicted molar refractivity (Wildman–Crippen MR) is 109 cm³/mol. The smallest absolute Gasteiger partial charge is 0.241 e. The maximum atomic E-state index is 13.2. The van der Waals surface area contributed by atoms with Crippen LogP contribution in [-0.2, 0) is 24.3 Å². The van der Waals surface area contributed by atoms with Crippen molar-refractivity contribution in [3.05, 3.63) is 72.3 Å². The summed E-state index contributed by atoms with van der Waals surface area (Å²) in [7, 11) is -3.79. The number of ether oxygens (including phenoxy) is 1. The van der Waals surface area contributed by atoms with E-state index < -0.39 is 33.6 Å². The Morgan fingerprint density at radius 2 is 1.73 bits per heavy atom. The maximum absolute atomic E-state index is 13.2. The number of fused-ring (bicyclic) bond motifs is 5. The summed E-state index contributed by atoms with van der Waals surface area (Å²) in [6.07, 6.45) is 2.93. The van der Waals surface area contributed by atoms with Gasteiger partial charge < -0.3 is 4.74 Å². The number of amides is 2. The molecule has 3 aliphatic heterocycles. The molecule has 2 bridgehead atoms.